The second kappa shape index (κ2) is 7.23. The third kappa shape index (κ3) is 3.16. The van der Waals surface area contributed by atoms with E-state index in [0.717, 1.165) is 48.6 Å². The smallest absolute Gasteiger partial charge is 0.134 e. The van der Waals surface area contributed by atoms with Gasteiger partial charge in [0.2, 0.25) is 0 Å². The van der Waals surface area contributed by atoms with Crippen LogP contribution in [0.4, 0.5) is 0 Å². The van der Waals surface area contributed by atoms with E-state index in [9.17, 15) is 0 Å². The molecule has 1 saturated heterocycles. The number of hydrogen-bond donors (Lipinski definition) is 3. The van der Waals surface area contributed by atoms with Gasteiger partial charge in [-0.1, -0.05) is 18.2 Å². The molecule has 1 fully saturated rings. The van der Waals surface area contributed by atoms with Crippen LogP contribution in [0.25, 0.3) is 11.0 Å². The van der Waals surface area contributed by atoms with Gasteiger partial charge in [-0.3, -0.25) is 10.1 Å². The van der Waals surface area contributed by atoms with E-state index in [0.29, 0.717) is 5.92 Å². The van der Waals surface area contributed by atoms with Gasteiger partial charge in [-0.05, 0) is 32.9 Å². The summed E-state index contributed by atoms with van der Waals surface area (Å²) < 4.78 is 8.13. The van der Waals surface area contributed by atoms with Gasteiger partial charge in [-0.25, -0.2) is 5.43 Å². The zero-order valence-electron chi connectivity index (χ0n) is 15.7. The summed E-state index contributed by atoms with van der Waals surface area (Å²) in [7, 11) is 0. The van der Waals surface area contributed by atoms with Gasteiger partial charge in [-0.2, -0.15) is 5.10 Å². The van der Waals surface area contributed by atoms with E-state index in [2.05, 4.69) is 58.9 Å². The summed E-state index contributed by atoms with van der Waals surface area (Å²) in [5.74, 6) is 1.42. The van der Waals surface area contributed by atoms with E-state index in [-0.39, 0.29) is 6.04 Å². The molecule has 2 aromatic heterocycles. The SMILES string of the molecule is CCn1nc(C)c(CNCC2CNNC2c2cc3ccccc3o2)c1C. The van der Waals surface area contributed by atoms with E-state index in [4.69, 9.17) is 4.42 Å². The molecular formula is C20H27N5O. The molecule has 4 rings (SSSR count). The fraction of sp³-hybridized carbons (Fsp3) is 0.450. The van der Waals surface area contributed by atoms with Gasteiger partial charge in [0.15, 0.2) is 0 Å². The number of aryl methyl sites for hydroxylation is 2. The highest BCUT2D eigenvalue weighted by molar-refractivity contribution is 5.77. The van der Waals surface area contributed by atoms with Gasteiger partial charge in [0.05, 0.1) is 11.7 Å². The third-order valence-electron chi connectivity index (χ3n) is 5.38. The van der Waals surface area contributed by atoms with E-state index >= 15 is 0 Å². The van der Waals surface area contributed by atoms with Crippen molar-refractivity contribution in [3.05, 3.63) is 53.0 Å². The summed E-state index contributed by atoms with van der Waals surface area (Å²) in [6.07, 6.45) is 0. The first-order valence-corrected chi connectivity index (χ1v) is 9.37. The highest BCUT2D eigenvalue weighted by atomic mass is 16.3. The lowest BCUT2D eigenvalue weighted by Gasteiger charge is -2.17. The van der Waals surface area contributed by atoms with E-state index in [1.807, 2.05) is 18.2 Å². The Kier molecular flexibility index (Phi) is 4.80. The highest BCUT2D eigenvalue weighted by Gasteiger charge is 2.30. The molecule has 0 spiro atoms. The summed E-state index contributed by atoms with van der Waals surface area (Å²) in [5.41, 5.74) is 11.3. The monoisotopic (exact) mass is 353 g/mol. The fourth-order valence-electron chi connectivity index (χ4n) is 3.87. The Morgan fingerprint density at radius 2 is 2.15 bits per heavy atom. The molecule has 0 bridgehead atoms. The number of fused-ring (bicyclic) bond motifs is 1. The van der Waals surface area contributed by atoms with E-state index < -0.39 is 0 Å². The Hall–Kier alpha value is -2.15. The van der Waals surface area contributed by atoms with Gasteiger partial charge in [0.25, 0.3) is 0 Å². The molecule has 6 heteroatoms. The van der Waals surface area contributed by atoms with Crippen LogP contribution in [0.15, 0.2) is 34.7 Å². The Morgan fingerprint density at radius 3 is 2.92 bits per heavy atom. The normalized spacial score (nSPS) is 20.3. The maximum Gasteiger partial charge on any atom is 0.134 e. The van der Waals surface area contributed by atoms with Crippen LogP contribution >= 0.6 is 0 Å². The molecule has 1 aliphatic rings. The molecule has 0 radical (unpaired) electrons. The number of benzene rings is 1. The van der Waals surface area contributed by atoms with Crippen LogP contribution < -0.4 is 16.2 Å². The number of furan rings is 1. The maximum absolute atomic E-state index is 6.06. The summed E-state index contributed by atoms with van der Waals surface area (Å²) in [6, 6.07) is 10.5. The van der Waals surface area contributed by atoms with Crippen molar-refractivity contribution in [2.75, 3.05) is 13.1 Å². The largest absolute Gasteiger partial charge is 0.459 e. The van der Waals surface area contributed by atoms with Crippen molar-refractivity contribution in [2.24, 2.45) is 5.92 Å². The van der Waals surface area contributed by atoms with Crippen LogP contribution in [0.2, 0.25) is 0 Å². The molecule has 0 aliphatic carbocycles. The number of para-hydroxylation sites is 1. The van der Waals surface area contributed by atoms with Crippen LogP contribution in [0.3, 0.4) is 0 Å². The van der Waals surface area contributed by atoms with Crippen LogP contribution in [-0.4, -0.2) is 22.9 Å². The minimum atomic E-state index is 0.176. The van der Waals surface area contributed by atoms with Gasteiger partial charge >= 0.3 is 0 Å². The van der Waals surface area contributed by atoms with E-state index in [1.165, 1.54) is 11.3 Å². The maximum atomic E-state index is 6.06. The molecule has 138 valence electrons. The lowest BCUT2D eigenvalue weighted by molar-refractivity contribution is 0.378. The molecule has 3 heterocycles. The number of nitrogens with one attached hydrogen (secondary N) is 3. The quantitative estimate of drug-likeness (QED) is 0.636. The predicted octanol–water partition coefficient (Wildman–Crippen LogP) is 2.82. The van der Waals surface area contributed by atoms with Crippen molar-refractivity contribution < 1.29 is 4.42 Å². The van der Waals surface area contributed by atoms with Crippen molar-refractivity contribution in [1.29, 1.82) is 0 Å². The highest BCUT2D eigenvalue weighted by Crippen LogP contribution is 2.29. The lowest BCUT2D eigenvalue weighted by atomic mass is 9.99. The zero-order chi connectivity index (χ0) is 18.1. The second-order valence-electron chi connectivity index (χ2n) is 7.05. The first-order chi connectivity index (χ1) is 12.7. The molecule has 3 aromatic rings. The number of hydrazine groups is 1. The van der Waals surface area contributed by atoms with Gasteiger partial charge in [-0.15, -0.1) is 0 Å². The third-order valence-corrected chi connectivity index (χ3v) is 5.38. The molecule has 2 unspecified atom stereocenters. The van der Waals surface area contributed by atoms with E-state index in [1.54, 1.807) is 0 Å². The lowest BCUT2D eigenvalue weighted by Crippen LogP contribution is -2.28. The minimum Gasteiger partial charge on any atom is -0.459 e. The molecule has 6 nitrogen and oxygen atoms in total. The summed E-state index contributed by atoms with van der Waals surface area (Å²) in [6.45, 7) is 9.96. The molecule has 3 N–H and O–H groups in total. The molecule has 2 atom stereocenters. The molecule has 0 amide bonds. The molecule has 0 saturated carbocycles. The number of aromatic nitrogens is 2. The van der Waals surface area contributed by atoms with Gasteiger partial charge in [0, 0.05) is 48.7 Å². The number of rotatable bonds is 6. The van der Waals surface area contributed by atoms with Crippen molar-refractivity contribution >= 4 is 11.0 Å². The average molecular weight is 353 g/mol. The number of hydrogen-bond acceptors (Lipinski definition) is 5. The van der Waals surface area contributed by atoms with Crippen LogP contribution in [-0.2, 0) is 13.1 Å². The Labute approximate surface area is 153 Å². The van der Waals surface area contributed by atoms with Crippen molar-refractivity contribution in [2.45, 2.75) is 39.9 Å². The van der Waals surface area contributed by atoms with Gasteiger partial charge in [0.1, 0.15) is 11.3 Å². The molecular weight excluding hydrogens is 326 g/mol. The average Bonchev–Trinajstić information content (AvgIpc) is 3.33. The molecule has 1 aliphatic heterocycles. The standard InChI is InChI=1S/C20H27N5O/c1-4-25-14(3)17(13(2)24-25)12-21-10-16-11-22-23-20(16)19-9-15-7-5-6-8-18(15)26-19/h5-9,16,20-23H,4,10-12H2,1-3H3. The number of nitrogens with zero attached hydrogens (tertiary/aromatic N) is 2. The summed E-state index contributed by atoms with van der Waals surface area (Å²) >= 11 is 0. The van der Waals surface area contributed by atoms with Crippen LogP contribution in [0, 0.1) is 19.8 Å². The predicted molar refractivity (Wildman–Crippen MR) is 103 cm³/mol. The van der Waals surface area contributed by atoms with Crippen LogP contribution in [0.1, 0.15) is 35.7 Å². The fourth-order valence-corrected chi connectivity index (χ4v) is 3.87. The Bertz CT molecular complexity index is 864. The molecule has 26 heavy (non-hydrogen) atoms. The molecule has 1 aromatic carbocycles. The van der Waals surface area contributed by atoms with Crippen LogP contribution in [0.5, 0.6) is 0 Å². The second-order valence-corrected chi connectivity index (χ2v) is 7.05. The Morgan fingerprint density at radius 1 is 1.31 bits per heavy atom. The zero-order valence-corrected chi connectivity index (χ0v) is 15.7. The minimum absolute atomic E-state index is 0.176. The first-order valence-electron chi connectivity index (χ1n) is 9.37. The van der Waals surface area contributed by atoms with Crippen molar-refractivity contribution in [1.82, 2.24) is 25.9 Å². The Balaban J connectivity index is 1.42. The van der Waals surface area contributed by atoms with Crippen molar-refractivity contribution in [3.8, 4) is 0 Å². The van der Waals surface area contributed by atoms with Gasteiger partial charge < -0.3 is 9.73 Å². The van der Waals surface area contributed by atoms with Crippen molar-refractivity contribution in [3.63, 3.8) is 0 Å². The topological polar surface area (TPSA) is 67.1 Å². The summed E-state index contributed by atoms with van der Waals surface area (Å²) in [4.78, 5) is 0. The first kappa shape index (κ1) is 17.3. The summed E-state index contributed by atoms with van der Waals surface area (Å²) in [5, 5.41) is 9.38.